The lowest BCUT2D eigenvalue weighted by molar-refractivity contribution is -0.385. The Balaban J connectivity index is 2.72. The fraction of sp³-hybridized carbons (Fsp3) is 0.0909. The van der Waals surface area contributed by atoms with E-state index in [1.54, 1.807) is 0 Å². The Morgan fingerprint density at radius 1 is 1.35 bits per heavy atom. The first-order valence-electron chi connectivity index (χ1n) is 5.28. The lowest BCUT2D eigenvalue weighted by atomic mass is 10.2. The summed E-state index contributed by atoms with van der Waals surface area (Å²) >= 11 is 5.54. The molecule has 8 nitrogen and oxygen atoms in total. The molecule has 1 N–H and O–H groups in total. The third-order valence-electron chi connectivity index (χ3n) is 2.52. The Morgan fingerprint density at radius 3 is 2.60 bits per heavy atom. The van der Waals surface area contributed by atoms with Crippen molar-refractivity contribution in [2.45, 2.75) is 0 Å². The number of nitro benzene ring substituents is 1. The highest BCUT2D eigenvalue weighted by Crippen LogP contribution is 2.28. The molecule has 0 fully saturated rings. The van der Waals surface area contributed by atoms with Gasteiger partial charge in [-0.2, -0.15) is 0 Å². The third kappa shape index (κ3) is 2.41. The zero-order chi connectivity index (χ0) is 14.9. The molecule has 0 saturated carbocycles. The van der Waals surface area contributed by atoms with Crippen LogP contribution in [0.15, 0.2) is 33.9 Å². The van der Waals surface area contributed by atoms with Gasteiger partial charge in [-0.05, 0) is 12.1 Å². The molecule has 9 heteroatoms. The van der Waals surface area contributed by atoms with Gasteiger partial charge in [0.15, 0.2) is 5.75 Å². The highest BCUT2D eigenvalue weighted by Gasteiger charge is 2.17. The molecule has 1 aromatic carbocycles. The predicted molar refractivity (Wildman–Crippen MR) is 70.9 cm³/mol. The van der Waals surface area contributed by atoms with Crippen LogP contribution < -0.4 is 16.0 Å². The summed E-state index contributed by atoms with van der Waals surface area (Å²) in [5, 5.41) is 10.8. The second kappa shape index (κ2) is 5.17. The lowest BCUT2D eigenvalue weighted by Crippen LogP contribution is -2.32. The van der Waals surface area contributed by atoms with Gasteiger partial charge in [0.2, 0.25) is 0 Å². The van der Waals surface area contributed by atoms with Gasteiger partial charge in [0.1, 0.15) is 5.15 Å². The van der Waals surface area contributed by atoms with Crippen LogP contribution in [-0.4, -0.2) is 21.6 Å². The van der Waals surface area contributed by atoms with E-state index in [0.29, 0.717) is 0 Å². The number of hydrogen-bond donors (Lipinski definition) is 1. The topological polar surface area (TPSA) is 107 Å². The number of aromatic amines is 1. The molecule has 0 aliphatic rings. The number of nitro groups is 1. The van der Waals surface area contributed by atoms with Crippen LogP contribution in [0.4, 0.5) is 5.69 Å². The molecule has 104 valence electrons. The summed E-state index contributed by atoms with van der Waals surface area (Å²) in [4.78, 5) is 36.0. The molecule has 0 bridgehead atoms. The van der Waals surface area contributed by atoms with Crippen molar-refractivity contribution >= 4 is 17.3 Å². The van der Waals surface area contributed by atoms with Crippen molar-refractivity contribution in [2.75, 3.05) is 7.11 Å². The second-order valence-corrected chi connectivity index (χ2v) is 4.12. The van der Waals surface area contributed by atoms with E-state index in [1.807, 2.05) is 0 Å². The summed E-state index contributed by atoms with van der Waals surface area (Å²) in [6, 6.07) is 4.73. The molecule has 0 amide bonds. The van der Waals surface area contributed by atoms with Gasteiger partial charge >= 0.3 is 11.4 Å². The molecular weight excluding hydrogens is 290 g/mol. The van der Waals surface area contributed by atoms with Gasteiger partial charge in [-0.15, -0.1) is 0 Å². The highest BCUT2D eigenvalue weighted by atomic mass is 35.5. The summed E-state index contributed by atoms with van der Waals surface area (Å²) in [5.41, 5.74) is -1.80. The van der Waals surface area contributed by atoms with Gasteiger partial charge < -0.3 is 4.74 Å². The molecule has 0 aliphatic carbocycles. The Bertz CT molecular complexity index is 764. The maximum atomic E-state index is 11.8. The number of aromatic nitrogens is 2. The molecule has 20 heavy (non-hydrogen) atoms. The maximum absolute atomic E-state index is 11.8. The maximum Gasteiger partial charge on any atom is 0.334 e. The van der Waals surface area contributed by atoms with E-state index in [-0.39, 0.29) is 22.3 Å². The van der Waals surface area contributed by atoms with E-state index in [2.05, 4.69) is 4.98 Å². The van der Waals surface area contributed by atoms with Crippen molar-refractivity contribution < 1.29 is 9.66 Å². The SMILES string of the molecule is COc1ccc(-n2c(=O)cc(Cl)[nH]c2=O)cc1[N+](=O)[O-]. The molecule has 2 rings (SSSR count). The van der Waals surface area contributed by atoms with Gasteiger partial charge in [0, 0.05) is 12.1 Å². The molecule has 2 aromatic rings. The number of methoxy groups -OCH3 is 1. The minimum Gasteiger partial charge on any atom is -0.490 e. The lowest BCUT2D eigenvalue weighted by Gasteiger charge is -2.06. The first kappa shape index (κ1) is 13.8. The third-order valence-corrected chi connectivity index (χ3v) is 2.72. The van der Waals surface area contributed by atoms with Crippen LogP contribution in [0.3, 0.4) is 0 Å². The van der Waals surface area contributed by atoms with E-state index >= 15 is 0 Å². The quantitative estimate of drug-likeness (QED) is 0.518. The molecule has 0 saturated heterocycles. The van der Waals surface area contributed by atoms with Crippen LogP contribution >= 0.6 is 11.6 Å². The first-order valence-corrected chi connectivity index (χ1v) is 5.66. The average molecular weight is 298 g/mol. The minimum atomic E-state index is -0.790. The molecule has 0 atom stereocenters. The van der Waals surface area contributed by atoms with Gasteiger partial charge in [0.05, 0.1) is 17.7 Å². The first-order chi connectivity index (χ1) is 9.43. The molecule has 1 aromatic heterocycles. The molecule has 0 spiro atoms. The number of nitrogens with zero attached hydrogens (tertiary/aromatic N) is 2. The zero-order valence-electron chi connectivity index (χ0n) is 10.1. The summed E-state index contributed by atoms with van der Waals surface area (Å²) < 4.78 is 5.58. The smallest absolute Gasteiger partial charge is 0.334 e. The summed E-state index contributed by atoms with van der Waals surface area (Å²) in [6.07, 6.45) is 0. The Kier molecular flexibility index (Phi) is 3.57. The number of nitrogens with one attached hydrogen (secondary N) is 1. The van der Waals surface area contributed by atoms with Crippen LogP contribution in [0, 0.1) is 10.1 Å². The molecular formula is C11H8ClN3O5. The Morgan fingerprint density at radius 2 is 2.05 bits per heavy atom. The molecule has 0 radical (unpaired) electrons. The average Bonchev–Trinajstić information content (AvgIpc) is 2.37. The standard InChI is InChI=1S/C11H8ClN3O5/c1-20-8-3-2-6(4-7(8)15(18)19)14-10(16)5-9(12)13-11(14)17/h2-5H,1H3,(H,13,17). The van der Waals surface area contributed by atoms with Crippen molar-refractivity contribution in [3.05, 3.63) is 60.4 Å². The summed E-state index contributed by atoms with van der Waals surface area (Å²) in [7, 11) is 1.28. The fourth-order valence-corrected chi connectivity index (χ4v) is 1.85. The van der Waals surface area contributed by atoms with Gasteiger partial charge in [-0.25, -0.2) is 9.36 Å². The van der Waals surface area contributed by atoms with Gasteiger partial charge in [-0.1, -0.05) is 11.6 Å². The van der Waals surface area contributed by atoms with Crippen molar-refractivity contribution in [3.8, 4) is 11.4 Å². The van der Waals surface area contributed by atoms with Crippen molar-refractivity contribution in [3.63, 3.8) is 0 Å². The van der Waals surface area contributed by atoms with Gasteiger partial charge in [-0.3, -0.25) is 19.9 Å². The summed E-state index contributed by atoms with van der Waals surface area (Å²) in [6.45, 7) is 0. The number of H-pyrrole nitrogens is 1. The van der Waals surface area contributed by atoms with Crippen molar-refractivity contribution in [2.24, 2.45) is 0 Å². The Hall–Kier alpha value is -2.61. The van der Waals surface area contributed by atoms with Crippen LogP contribution in [0.25, 0.3) is 5.69 Å². The monoisotopic (exact) mass is 297 g/mol. The van der Waals surface area contributed by atoms with Crippen LogP contribution in [-0.2, 0) is 0 Å². The number of hydrogen-bond acceptors (Lipinski definition) is 5. The Labute approximate surface area is 116 Å². The van der Waals surface area contributed by atoms with E-state index in [4.69, 9.17) is 16.3 Å². The van der Waals surface area contributed by atoms with Crippen LogP contribution in [0.5, 0.6) is 5.75 Å². The van der Waals surface area contributed by atoms with Crippen LogP contribution in [0.1, 0.15) is 0 Å². The second-order valence-electron chi connectivity index (χ2n) is 3.71. The number of halogens is 1. The molecule has 0 unspecified atom stereocenters. The van der Waals surface area contributed by atoms with E-state index in [1.165, 1.54) is 19.2 Å². The number of benzene rings is 1. The number of rotatable bonds is 3. The van der Waals surface area contributed by atoms with Crippen LogP contribution in [0.2, 0.25) is 5.15 Å². The predicted octanol–water partition coefficient (Wildman–Crippen LogP) is 1.10. The molecule has 1 heterocycles. The summed E-state index contributed by atoms with van der Waals surface area (Å²) in [5.74, 6) is 0.0252. The minimum absolute atomic E-state index is 0.0252. The van der Waals surface area contributed by atoms with E-state index in [9.17, 15) is 19.7 Å². The van der Waals surface area contributed by atoms with Crippen molar-refractivity contribution in [1.82, 2.24) is 9.55 Å². The molecule has 0 aliphatic heterocycles. The highest BCUT2D eigenvalue weighted by molar-refractivity contribution is 6.29. The largest absolute Gasteiger partial charge is 0.490 e. The van der Waals surface area contributed by atoms with Gasteiger partial charge in [0.25, 0.3) is 5.56 Å². The van der Waals surface area contributed by atoms with E-state index in [0.717, 1.165) is 16.7 Å². The normalized spacial score (nSPS) is 10.3. The van der Waals surface area contributed by atoms with E-state index < -0.39 is 16.2 Å². The number of ether oxygens (including phenoxy) is 1. The fourth-order valence-electron chi connectivity index (χ4n) is 1.67. The zero-order valence-corrected chi connectivity index (χ0v) is 10.9. The van der Waals surface area contributed by atoms with Crippen molar-refractivity contribution in [1.29, 1.82) is 0 Å².